The number of hydrogen-bond acceptors (Lipinski definition) is 4. The molecule has 0 aliphatic heterocycles. The van der Waals surface area contributed by atoms with Crippen molar-refractivity contribution in [1.82, 2.24) is 4.72 Å². The van der Waals surface area contributed by atoms with Crippen LogP contribution in [0.5, 0.6) is 0 Å². The zero-order valence-electron chi connectivity index (χ0n) is 5.83. The molecule has 10 heavy (non-hydrogen) atoms. The zero-order chi connectivity index (χ0) is 8.04. The molecule has 0 aromatic rings. The van der Waals surface area contributed by atoms with Crippen LogP contribution in [0.15, 0.2) is 0 Å². The smallest absolute Gasteiger partial charge is 0.213 e. The van der Waals surface area contributed by atoms with Gasteiger partial charge in [-0.1, -0.05) is 6.92 Å². The molecule has 0 unspecified atom stereocenters. The molecule has 0 rings (SSSR count). The molecule has 0 fully saturated rings. The van der Waals surface area contributed by atoms with E-state index in [2.05, 4.69) is 15.5 Å². The summed E-state index contributed by atoms with van der Waals surface area (Å²) in [4.78, 5) is 4.10. The molecule has 0 heterocycles. The Kier molecular flexibility index (Phi) is 4.54. The van der Waals surface area contributed by atoms with Crippen molar-refractivity contribution >= 4 is 10.0 Å². The van der Waals surface area contributed by atoms with E-state index in [9.17, 15) is 8.42 Å². The van der Waals surface area contributed by atoms with Crippen molar-refractivity contribution in [2.75, 3.05) is 18.9 Å². The molecular weight excluding hydrogens is 156 g/mol. The van der Waals surface area contributed by atoms with Crippen molar-refractivity contribution in [3.63, 3.8) is 0 Å². The van der Waals surface area contributed by atoms with Gasteiger partial charge in [0.15, 0.2) is 0 Å². The maximum Gasteiger partial charge on any atom is 0.213 e. The maximum absolute atomic E-state index is 10.7. The van der Waals surface area contributed by atoms with Gasteiger partial charge in [-0.15, -0.1) is 0 Å². The quantitative estimate of drug-likeness (QED) is 0.506. The second-order valence-electron chi connectivity index (χ2n) is 1.69. The summed E-state index contributed by atoms with van der Waals surface area (Å²) in [6.07, 6.45) is 0. The third kappa shape index (κ3) is 4.68. The summed E-state index contributed by atoms with van der Waals surface area (Å²) in [5.74, 6) is 4.55. The summed E-state index contributed by atoms with van der Waals surface area (Å²) < 4.78 is 23.8. The first-order valence-electron chi connectivity index (χ1n) is 2.91. The number of rotatable bonds is 5. The van der Waals surface area contributed by atoms with E-state index in [1.807, 2.05) is 0 Å². The molecule has 3 N–H and O–H groups in total. The Morgan fingerprint density at radius 2 is 2.20 bits per heavy atom. The van der Waals surface area contributed by atoms with Crippen molar-refractivity contribution < 1.29 is 13.3 Å². The standard InChI is InChI=1S/C4H12N2O3S/c1-2-6-10(7,8)4-3-9-5/h6H,2-5H2,1H3. The lowest BCUT2D eigenvalue weighted by Crippen LogP contribution is -2.28. The van der Waals surface area contributed by atoms with Gasteiger partial charge in [0.05, 0.1) is 12.4 Å². The van der Waals surface area contributed by atoms with Gasteiger partial charge in [-0.3, -0.25) is 0 Å². The number of sulfonamides is 1. The summed E-state index contributed by atoms with van der Waals surface area (Å²) in [6, 6.07) is 0. The number of hydrogen-bond donors (Lipinski definition) is 2. The Hall–Kier alpha value is -0.170. The van der Waals surface area contributed by atoms with E-state index < -0.39 is 10.0 Å². The molecule has 62 valence electrons. The number of nitrogens with two attached hydrogens (primary N) is 1. The topological polar surface area (TPSA) is 81.4 Å². The van der Waals surface area contributed by atoms with Crippen molar-refractivity contribution in [2.24, 2.45) is 5.90 Å². The minimum atomic E-state index is -3.15. The Labute approximate surface area is 60.6 Å². The van der Waals surface area contributed by atoms with Gasteiger partial charge < -0.3 is 4.84 Å². The van der Waals surface area contributed by atoms with Crippen LogP contribution < -0.4 is 10.6 Å². The SMILES string of the molecule is CCNS(=O)(=O)CCON. The van der Waals surface area contributed by atoms with Gasteiger partial charge >= 0.3 is 0 Å². The van der Waals surface area contributed by atoms with Crippen molar-refractivity contribution in [3.05, 3.63) is 0 Å². The van der Waals surface area contributed by atoms with Gasteiger partial charge in [0.25, 0.3) is 0 Å². The molecule has 5 nitrogen and oxygen atoms in total. The third-order valence-corrected chi connectivity index (χ3v) is 2.27. The molecule has 0 saturated heterocycles. The predicted octanol–water partition coefficient (Wildman–Crippen LogP) is -1.18. The van der Waals surface area contributed by atoms with Crippen LogP contribution in [-0.4, -0.2) is 27.3 Å². The second kappa shape index (κ2) is 4.62. The van der Waals surface area contributed by atoms with Gasteiger partial charge in [0, 0.05) is 6.54 Å². The third-order valence-electron chi connectivity index (χ3n) is 0.834. The van der Waals surface area contributed by atoms with Gasteiger partial charge in [-0.25, -0.2) is 19.0 Å². The molecule has 0 bridgehead atoms. The van der Waals surface area contributed by atoms with E-state index in [4.69, 9.17) is 0 Å². The molecule has 0 spiro atoms. The van der Waals surface area contributed by atoms with E-state index >= 15 is 0 Å². The van der Waals surface area contributed by atoms with Crippen molar-refractivity contribution in [2.45, 2.75) is 6.92 Å². The lowest BCUT2D eigenvalue weighted by molar-refractivity contribution is 0.153. The van der Waals surface area contributed by atoms with Gasteiger partial charge in [0.2, 0.25) is 10.0 Å². The van der Waals surface area contributed by atoms with Gasteiger partial charge in [-0.05, 0) is 0 Å². The summed E-state index contributed by atoms with van der Waals surface area (Å²) in [5, 5.41) is 0. The average molecular weight is 168 g/mol. The molecule has 0 aromatic carbocycles. The highest BCUT2D eigenvalue weighted by molar-refractivity contribution is 7.89. The van der Waals surface area contributed by atoms with Crippen LogP contribution in [0, 0.1) is 0 Å². The molecule has 0 radical (unpaired) electrons. The van der Waals surface area contributed by atoms with Crippen LogP contribution >= 0.6 is 0 Å². The van der Waals surface area contributed by atoms with E-state index in [0.29, 0.717) is 6.54 Å². The molecule has 0 atom stereocenters. The molecule has 0 saturated carbocycles. The van der Waals surface area contributed by atoms with Crippen LogP contribution in [0.25, 0.3) is 0 Å². The molecule has 0 aliphatic rings. The molecule has 0 amide bonds. The normalized spacial score (nSPS) is 11.8. The van der Waals surface area contributed by atoms with E-state index in [1.165, 1.54) is 0 Å². The van der Waals surface area contributed by atoms with Crippen LogP contribution in [0.2, 0.25) is 0 Å². The molecule has 0 aromatic heterocycles. The Balaban J connectivity index is 3.65. The van der Waals surface area contributed by atoms with Crippen molar-refractivity contribution in [1.29, 1.82) is 0 Å². The highest BCUT2D eigenvalue weighted by Gasteiger charge is 2.06. The lowest BCUT2D eigenvalue weighted by Gasteiger charge is -2.01. The second-order valence-corrected chi connectivity index (χ2v) is 3.61. The Morgan fingerprint density at radius 1 is 1.60 bits per heavy atom. The average Bonchev–Trinajstić information content (AvgIpc) is 1.84. The minimum Gasteiger partial charge on any atom is -0.304 e. The van der Waals surface area contributed by atoms with Crippen LogP contribution in [0.1, 0.15) is 6.92 Å². The summed E-state index contributed by atoms with van der Waals surface area (Å²) >= 11 is 0. The van der Waals surface area contributed by atoms with E-state index in [0.717, 1.165) is 0 Å². The fraction of sp³-hybridized carbons (Fsp3) is 1.00. The molecule has 0 aliphatic carbocycles. The summed E-state index contributed by atoms with van der Waals surface area (Å²) in [5.41, 5.74) is 0. The highest BCUT2D eigenvalue weighted by Crippen LogP contribution is 1.81. The van der Waals surface area contributed by atoms with Crippen LogP contribution in [0.3, 0.4) is 0 Å². The van der Waals surface area contributed by atoms with Crippen molar-refractivity contribution in [3.8, 4) is 0 Å². The van der Waals surface area contributed by atoms with Crippen LogP contribution in [0.4, 0.5) is 0 Å². The molecular formula is C4H12N2O3S. The maximum atomic E-state index is 10.7. The van der Waals surface area contributed by atoms with E-state index in [1.54, 1.807) is 6.92 Å². The first-order valence-corrected chi connectivity index (χ1v) is 4.56. The number of nitrogens with one attached hydrogen (secondary N) is 1. The summed E-state index contributed by atoms with van der Waals surface area (Å²) in [6.45, 7) is 2.13. The fourth-order valence-corrected chi connectivity index (χ4v) is 1.35. The zero-order valence-corrected chi connectivity index (χ0v) is 6.65. The lowest BCUT2D eigenvalue weighted by atomic mass is 10.8. The predicted molar refractivity (Wildman–Crippen MR) is 37.6 cm³/mol. The van der Waals surface area contributed by atoms with Crippen LogP contribution in [-0.2, 0) is 14.9 Å². The van der Waals surface area contributed by atoms with Gasteiger partial charge in [-0.2, -0.15) is 0 Å². The minimum absolute atomic E-state index is 0.0231. The Morgan fingerprint density at radius 3 is 2.60 bits per heavy atom. The largest absolute Gasteiger partial charge is 0.304 e. The monoisotopic (exact) mass is 168 g/mol. The summed E-state index contributed by atoms with van der Waals surface area (Å²) in [7, 11) is -3.15. The fourth-order valence-electron chi connectivity index (χ4n) is 0.450. The highest BCUT2D eigenvalue weighted by atomic mass is 32.2. The first kappa shape index (κ1) is 9.83. The van der Waals surface area contributed by atoms with E-state index in [-0.39, 0.29) is 12.4 Å². The Bertz CT molecular complexity index is 165. The first-order chi connectivity index (χ1) is 4.62. The molecule has 6 heteroatoms. The van der Waals surface area contributed by atoms with Gasteiger partial charge in [0.1, 0.15) is 0 Å².